The summed E-state index contributed by atoms with van der Waals surface area (Å²) in [6.07, 6.45) is 0.0621. The van der Waals surface area contributed by atoms with Crippen LogP contribution in [0.1, 0.15) is 19.4 Å². The maximum Gasteiger partial charge on any atom is 0.198 e. The van der Waals surface area contributed by atoms with Crippen LogP contribution < -0.4 is 15.4 Å². The van der Waals surface area contributed by atoms with E-state index in [0.29, 0.717) is 11.6 Å². The molecule has 1 aromatic carbocycles. The van der Waals surface area contributed by atoms with E-state index < -0.39 is 0 Å². The number of nitrogens with zero attached hydrogens (tertiary/aromatic N) is 2. The molecule has 2 N–H and O–H groups in total. The van der Waals surface area contributed by atoms with Crippen LogP contribution in [0, 0.1) is 0 Å². The Labute approximate surface area is 128 Å². The van der Waals surface area contributed by atoms with Crippen molar-refractivity contribution in [1.82, 2.24) is 4.37 Å². The van der Waals surface area contributed by atoms with Crippen LogP contribution in [0.2, 0.25) is 5.02 Å². The van der Waals surface area contributed by atoms with Crippen molar-refractivity contribution in [3.63, 3.8) is 0 Å². The summed E-state index contributed by atoms with van der Waals surface area (Å²) in [6, 6.07) is 7.79. The summed E-state index contributed by atoms with van der Waals surface area (Å²) in [5.41, 5.74) is 7.00. The van der Waals surface area contributed by atoms with Crippen molar-refractivity contribution < 1.29 is 4.74 Å². The molecule has 4 nitrogen and oxygen atoms in total. The Hall–Kier alpha value is -1.46. The minimum absolute atomic E-state index is 0.0621. The fourth-order valence-corrected chi connectivity index (χ4v) is 2.78. The van der Waals surface area contributed by atoms with E-state index in [-0.39, 0.29) is 6.10 Å². The fourth-order valence-electron chi connectivity index (χ4n) is 1.86. The van der Waals surface area contributed by atoms with Gasteiger partial charge in [0.2, 0.25) is 0 Å². The van der Waals surface area contributed by atoms with E-state index in [2.05, 4.69) is 9.27 Å². The monoisotopic (exact) mass is 311 g/mol. The van der Waals surface area contributed by atoms with Crippen molar-refractivity contribution in [3.05, 3.63) is 34.9 Å². The van der Waals surface area contributed by atoms with E-state index in [9.17, 15) is 0 Å². The maximum absolute atomic E-state index is 6.01. The van der Waals surface area contributed by atoms with E-state index >= 15 is 0 Å². The number of hydrogen-bond donors (Lipinski definition) is 1. The maximum atomic E-state index is 6.01. The van der Waals surface area contributed by atoms with Crippen LogP contribution in [0.5, 0.6) is 5.75 Å². The molecule has 1 aromatic heterocycles. The van der Waals surface area contributed by atoms with E-state index in [0.717, 1.165) is 22.1 Å². The number of ether oxygens (including phenoxy) is 1. The van der Waals surface area contributed by atoms with Gasteiger partial charge in [-0.1, -0.05) is 23.7 Å². The molecule has 0 aliphatic rings. The third-order valence-corrected chi connectivity index (χ3v) is 3.86. The topological polar surface area (TPSA) is 51.4 Å². The Morgan fingerprint density at radius 3 is 2.85 bits per heavy atom. The van der Waals surface area contributed by atoms with E-state index in [4.69, 9.17) is 22.1 Å². The van der Waals surface area contributed by atoms with Gasteiger partial charge in [0.05, 0.1) is 6.10 Å². The van der Waals surface area contributed by atoms with Gasteiger partial charge in [-0.05, 0) is 43.1 Å². The molecule has 20 heavy (non-hydrogen) atoms. The SMILES string of the molecule is CC(C)Oc1c(N)nsc1N(C)Cc1cccc(Cl)c1. The fraction of sp³-hybridized carbons (Fsp3) is 0.357. The smallest absolute Gasteiger partial charge is 0.198 e. The molecule has 0 bridgehead atoms. The van der Waals surface area contributed by atoms with E-state index in [1.165, 1.54) is 11.5 Å². The summed E-state index contributed by atoms with van der Waals surface area (Å²) >= 11 is 7.35. The van der Waals surface area contributed by atoms with E-state index in [1.54, 1.807) is 0 Å². The molecule has 0 saturated heterocycles. The van der Waals surface area contributed by atoms with Crippen molar-refractivity contribution in [2.75, 3.05) is 17.7 Å². The van der Waals surface area contributed by atoms with Crippen LogP contribution >= 0.6 is 23.1 Å². The molecule has 0 unspecified atom stereocenters. The Bertz CT molecular complexity index is 586. The highest BCUT2D eigenvalue weighted by molar-refractivity contribution is 7.11. The Balaban J connectivity index is 2.19. The molecule has 0 atom stereocenters. The first-order valence-electron chi connectivity index (χ1n) is 6.34. The van der Waals surface area contributed by atoms with Crippen molar-refractivity contribution in [3.8, 4) is 5.75 Å². The number of nitrogens with two attached hydrogens (primary N) is 1. The molecular weight excluding hydrogens is 294 g/mol. The normalized spacial score (nSPS) is 10.8. The number of halogens is 1. The molecule has 2 rings (SSSR count). The van der Waals surface area contributed by atoms with Gasteiger partial charge in [-0.25, -0.2) is 0 Å². The molecule has 1 heterocycles. The first kappa shape index (κ1) is 14.9. The predicted molar refractivity (Wildman–Crippen MR) is 85.8 cm³/mol. The van der Waals surface area contributed by atoms with Crippen molar-refractivity contribution in [2.45, 2.75) is 26.5 Å². The van der Waals surface area contributed by atoms with Gasteiger partial charge in [0.25, 0.3) is 0 Å². The molecule has 0 aliphatic carbocycles. The summed E-state index contributed by atoms with van der Waals surface area (Å²) < 4.78 is 9.93. The summed E-state index contributed by atoms with van der Waals surface area (Å²) in [5, 5.41) is 1.66. The molecule has 6 heteroatoms. The zero-order valence-corrected chi connectivity index (χ0v) is 13.3. The molecule has 2 aromatic rings. The molecule has 0 fully saturated rings. The average molecular weight is 312 g/mol. The Morgan fingerprint density at radius 1 is 1.45 bits per heavy atom. The standard InChI is InChI=1S/C14H18ClN3OS/c1-9(2)19-12-13(16)17-20-14(12)18(3)8-10-5-4-6-11(15)7-10/h4-7,9H,8H2,1-3H3,(H2,16,17). The lowest BCUT2D eigenvalue weighted by atomic mass is 10.2. The Kier molecular flexibility index (Phi) is 4.73. The van der Waals surface area contributed by atoms with Gasteiger partial charge < -0.3 is 15.4 Å². The van der Waals surface area contributed by atoms with Gasteiger partial charge in [-0.2, -0.15) is 4.37 Å². The zero-order valence-electron chi connectivity index (χ0n) is 11.8. The lowest BCUT2D eigenvalue weighted by Crippen LogP contribution is -2.17. The second-order valence-electron chi connectivity index (χ2n) is 4.85. The van der Waals surface area contributed by atoms with Crippen LogP contribution in [-0.2, 0) is 6.54 Å². The van der Waals surface area contributed by atoms with Gasteiger partial charge in [0, 0.05) is 18.6 Å². The Morgan fingerprint density at radius 2 is 2.20 bits per heavy atom. The number of anilines is 2. The van der Waals surface area contributed by atoms with Crippen LogP contribution in [-0.4, -0.2) is 17.5 Å². The summed E-state index contributed by atoms with van der Waals surface area (Å²) in [5.74, 6) is 1.10. The van der Waals surface area contributed by atoms with Gasteiger partial charge in [-0.15, -0.1) is 0 Å². The quantitative estimate of drug-likeness (QED) is 0.912. The highest BCUT2D eigenvalue weighted by Crippen LogP contribution is 2.38. The van der Waals surface area contributed by atoms with Crippen LogP contribution in [0.3, 0.4) is 0 Å². The second kappa shape index (κ2) is 6.33. The molecule has 108 valence electrons. The minimum Gasteiger partial charge on any atom is -0.484 e. The molecule has 0 amide bonds. The summed E-state index contributed by atoms with van der Waals surface area (Å²) in [7, 11) is 1.99. The van der Waals surface area contributed by atoms with Gasteiger partial charge in [0.15, 0.2) is 16.6 Å². The third-order valence-electron chi connectivity index (χ3n) is 2.67. The second-order valence-corrected chi connectivity index (χ2v) is 6.04. The highest BCUT2D eigenvalue weighted by Gasteiger charge is 2.18. The van der Waals surface area contributed by atoms with Crippen molar-refractivity contribution >= 4 is 34.0 Å². The van der Waals surface area contributed by atoms with Gasteiger partial charge >= 0.3 is 0 Å². The van der Waals surface area contributed by atoms with Gasteiger partial charge in [-0.3, -0.25) is 0 Å². The summed E-state index contributed by atoms with van der Waals surface area (Å²) in [6.45, 7) is 4.66. The average Bonchev–Trinajstić information content (AvgIpc) is 2.70. The minimum atomic E-state index is 0.0621. The molecule has 0 spiro atoms. The first-order chi connectivity index (χ1) is 9.47. The third kappa shape index (κ3) is 3.55. The lowest BCUT2D eigenvalue weighted by molar-refractivity contribution is 0.245. The molecular formula is C14H18ClN3OS. The lowest BCUT2D eigenvalue weighted by Gasteiger charge is -2.20. The van der Waals surface area contributed by atoms with E-state index in [1.807, 2.05) is 45.2 Å². The summed E-state index contributed by atoms with van der Waals surface area (Å²) in [4.78, 5) is 2.07. The van der Waals surface area contributed by atoms with Crippen molar-refractivity contribution in [2.24, 2.45) is 0 Å². The predicted octanol–water partition coefficient (Wildman–Crippen LogP) is 3.80. The van der Waals surface area contributed by atoms with Crippen LogP contribution in [0.25, 0.3) is 0 Å². The highest BCUT2D eigenvalue weighted by atomic mass is 35.5. The number of aromatic nitrogens is 1. The van der Waals surface area contributed by atoms with Crippen LogP contribution in [0.4, 0.5) is 10.8 Å². The number of hydrogen-bond acceptors (Lipinski definition) is 5. The molecule has 0 saturated carbocycles. The number of rotatable bonds is 5. The van der Waals surface area contributed by atoms with Crippen LogP contribution in [0.15, 0.2) is 24.3 Å². The number of nitrogen functional groups attached to an aromatic ring is 1. The van der Waals surface area contributed by atoms with Gasteiger partial charge in [0.1, 0.15) is 0 Å². The first-order valence-corrected chi connectivity index (χ1v) is 7.50. The molecule has 0 radical (unpaired) electrons. The zero-order chi connectivity index (χ0) is 14.7. The molecule has 0 aliphatic heterocycles. The van der Waals surface area contributed by atoms with Crippen molar-refractivity contribution in [1.29, 1.82) is 0 Å². The largest absolute Gasteiger partial charge is 0.484 e. The number of benzene rings is 1.